The summed E-state index contributed by atoms with van der Waals surface area (Å²) in [5, 5.41) is 27.8. The normalized spacial score (nSPS) is 23.1. The largest absolute Gasteiger partial charge is 0.459 e. The molecular weight excluding hydrogens is 823 g/mol. The van der Waals surface area contributed by atoms with Crippen LogP contribution in [0.15, 0.2) is 47.7 Å². The van der Waals surface area contributed by atoms with Crippen molar-refractivity contribution >= 4 is 17.9 Å². The van der Waals surface area contributed by atoms with Crippen LogP contribution < -0.4 is 14.8 Å². The maximum atomic E-state index is 14.5. The van der Waals surface area contributed by atoms with Crippen LogP contribution in [-0.4, -0.2) is 90.0 Å². The summed E-state index contributed by atoms with van der Waals surface area (Å²) in [4.78, 5) is 35.8. The molecule has 6 atom stereocenters. The Labute approximate surface area is 392 Å². The van der Waals surface area contributed by atoms with Crippen LogP contribution in [0.5, 0.6) is 11.5 Å². The lowest BCUT2D eigenvalue weighted by Crippen LogP contribution is -2.70. The fourth-order valence-electron chi connectivity index (χ4n) is 9.83. The maximum Gasteiger partial charge on any atom is 0.412 e. The van der Waals surface area contributed by atoms with Crippen molar-refractivity contribution in [2.45, 2.75) is 194 Å². The molecule has 65 heavy (non-hydrogen) atoms. The first-order valence-corrected chi connectivity index (χ1v) is 25.3. The molecule has 0 spiro atoms. The highest BCUT2D eigenvalue weighted by Gasteiger charge is 2.65. The van der Waals surface area contributed by atoms with Gasteiger partial charge in [0.15, 0.2) is 0 Å². The molecule has 1 aromatic carbocycles. The lowest BCUT2D eigenvalue weighted by Gasteiger charge is -2.60. The molecule has 1 heterocycles. The molecule has 0 unspecified atom stereocenters. The number of allylic oxidation sites excluding steroid dienone is 1. The molecule has 1 aromatic rings. The number of hydrogen-bond acceptors (Lipinski definition) is 10. The minimum absolute atomic E-state index is 0.0276. The fraction of sp³-hybridized carbons (Fsp3) is 0.755. The summed E-state index contributed by atoms with van der Waals surface area (Å²) < 4.78 is 26.5. The van der Waals surface area contributed by atoms with Crippen molar-refractivity contribution in [1.82, 2.24) is 10.2 Å². The number of oxime groups is 1. The van der Waals surface area contributed by atoms with Gasteiger partial charge in [0.2, 0.25) is 5.79 Å². The van der Waals surface area contributed by atoms with E-state index in [1.54, 1.807) is 17.0 Å². The second-order valence-electron chi connectivity index (χ2n) is 20.8. The first-order valence-electron chi connectivity index (χ1n) is 25.3. The first-order chi connectivity index (χ1) is 31.1. The van der Waals surface area contributed by atoms with E-state index in [0.29, 0.717) is 49.6 Å². The zero-order valence-electron chi connectivity index (χ0n) is 41.6. The number of rotatable bonds is 28. The van der Waals surface area contributed by atoms with Crippen LogP contribution in [-0.2, 0) is 14.3 Å². The highest BCUT2D eigenvalue weighted by molar-refractivity contribution is 6.03. The SMILES string of the molecule is C=CCO[C@@]12Oc3ccc(OC(=O)NCCCCCCCCCCCC)cc3[C@H]3[C@H](CCCCO)[C@@H](CCCCO)C=C(C(=NOC(C)(C)C)C[C@@H]1N(CCC)C(=O)OCC(C)(C)C)[C@H]32. The third-order valence-electron chi connectivity index (χ3n) is 12.8. The van der Waals surface area contributed by atoms with Gasteiger partial charge in [-0.2, -0.15) is 0 Å². The molecule has 1 fully saturated rings. The van der Waals surface area contributed by atoms with E-state index in [4.69, 9.17) is 28.9 Å². The lowest BCUT2D eigenvalue weighted by atomic mass is 9.55. The van der Waals surface area contributed by atoms with Gasteiger partial charge in [-0.05, 0) is 100 Å². The minimum Gasteiger partial charge on any atom is -0.459 e. The molecular formula is C53H87N3O9. The van der Waals surface area contributed by atoms with E-state index in [0.717, 1.165) is 56.1 Å². The van der Waals surface area contributed by atoms with Crippen LogP contribution >= 0.6 is 0 Å². The molecule has 1 aliphatic heterocycles. The fourth-order valence-corrected chi connectivity index (χ4v) is 9.83. The number of nitrogens with one attached hydrogen (secondary N) is 1. The van der Waals surface area contributed by atoms with Crippen molar-refractivity contribution in [2.75, 3.05) is 39.5 Å². The Morgan fingerprint density at radius 3 is 2.18 bits per heavy atom. The van der Waals surface area contributed by atoms with E-state index in [1.165, 1.54) is 44.9 Å². The highest BCUT2D eigenvalue weighted by atomic mass is 16.7. The Hall–Kier alpha value is -3.61. The predicted molar refractivity (Wildman–Crippen MR) is 259 cm³/mol. The van der Waals surface area contributed by atoms with Crippen LogP contribution in [0.1, 0.15) is 182 Å². The van der Waals surface area contributed by atoms with Gasteiger partial charge in [0, 0.05) is 44.2 Å². The molecule has 0 aromatic heterocycles. The standard InChI is InChI=1S/C53H87N3O9/c1-10-13-14-15-16-17-18-19-20-23-30-54-49(59)63-40-28-29-45-43(36-40)47-41(27-22-25-33-58)39(26-21-24-32-57)35-42-44(55-65-52(7,8)9)37-46(53(64-45,48(42)47)62-34-12-3)56(31-11-2)50(60)61-38-51(4,5)6/h12,28-29,35-36,39,41,46-48,57-58H,3,10-11,13-27,30-34,37-38H2,1-2,4-9H3,(H,54,59)/t39-,41+,46-,47+,48+,53+/m0/s1. The number of ether oxygens (including phenoxy) is 4. The molecule has 3 aliphatic rings. The van der Waals surface area contributed by atoms with Gasteiger partial charge in [-0.1, -0.05) is 123 Å². The number of fused-ring (bicyclic) bond motifs is 2. The van der Waals surface area contributed by atoms with Crippen LogP contribution in [0, 0.1) is 23.2 Å². The second-order valence-corrected chi connectivity index (χ2v) is 20.8. The maximum absolute atomic E-state index is 14.5. The lowest BCUT2D eigenvalue weighted by molar-refractivity contribution is -0.255. The van der Waals surface area contributed by atoms with Gasteiger partial charge in [-0.15, -0.1) is 6.58 Å². The summed E-state index contributed by atoms with van der Waals surface area (Å²) in [6.45, 7) is 21.8. The van der Waals surface area contributed by atoms with Gasteiger partial charge >= 0.3 is 12.2 Å². The highest BCUT2D eigenvalue weighted by Crippen LogP contribution is 2.62. The van der Waals surface area contributed by atoms with Crippen LogP contribution in [0.2, 0.25) is 0 Å². The van der Waals surface area contributed by atoms with E-state index in [1.807, 2.05) is 60.6 Å². The van der Waals surface area contributed by atoms with Crippen molar-refractivity contribution in [3.05, 3.63) is 48.1 Å². The third-order valence-corrected chi connectivity index (χ3v) is 12.8. The van der Waals surface area contributed by atoms with Crippen molar-refractivity contribution < 1.29 is 43.6 Å². The van der Waals surface area contributed by atoms with Gasteiger partial charge in [-0.3, -0.25) is 4.90 Å². The summed E-state index contributed by atoms with van der Waals surface area (Å²) >= 11 is 0. The van der Waals surface area contributed by atoms with Crippen molar-refractivity contribution in [1.29, 1.82) is 0 Å². The quantitative estimate of drug-likeness (QED) is 0.0424. The molecule has 368 valence electrons. The molecule has 0 saturated heterocycles. The average Bonchev–Trinajstić information content (AvgIpc) is 3.26. The van der Waals surface area contributed by atoms with Crippen molar-refractivity contribution in [3.8, 4) is 11.5 Å². The number of nitrogens with zero attached hydrogens (tertiary/aromatic N) is 2. The van der Waals surface area contributed by atoms with Crippen molar-refractivity contribution in [2.24, 2.45) is 28.3 Å². The number of benzene rings is 1. The van der Waals surface area contributed by atoms with Gasteiger partial charge in [-0.25, -0.2) is 9.59 Å². The van der Waals surface area contributed by atoms with Crippen LogP contribution in [0.4, 0.5) is 9.59 Å². The predicted octanol–water partition coefficient (Wildman–Crippen LogP) is 12.0. The van der Waals surface area contributed by atoms with Gasteiger partial charge in [0.05, 0.1) is 24.8 Å². The van der Waals surface area contributed by atoms with E-state index < -0.39 is 35.5 Å². The van der Waals surface area contributed by atoms with E-state index in [-0.39, 0.29) is 56.0 Å². The summed E-state index contributed by atoms with van der Waals surface area (Å²) in [7, 11) is 0. The molecule has 2 amide bonds. The molecule has 0 bridgehead atoms. The van der Waals surface area contributed by atoms with Crippen LogP contribution in [0.3, 0.4) is 0 Å². The first kappa shape index (κ1) is 54.0. The van der Waals surface area contributed by atoms with Gasteiger partial charge < -0.3 is 39.3 Å². The van der Waals surface area contributed by atoms with E-state index >= 15 is 0 Å². The smallest absolute Gasteiger partial charge is 0.412 e. The zero-order chi connectivity index (χ0) is 47.5. The molecule has 3 N–H and O–H groups in total. The number of amides is 2. The summed E-state index contributed by atoms with van der Waals surface area (Å²) in [5.41, 5.74) is 1.69. The Kier molecular flexibility index (Phi) is 22.1. The summed E-state index contributed by atoms with van der Waals surface area (Å²) in [6.07, 6.45) is 20.7. The minimum atomic E-state index is -1.41. The number of hydrogen-bond donors (Lipinski definition) is 3. The molecule has 0 radical (unpaired) electrons. The monoisotopic (exact) mass is 910 g/mol. The molecule has 4 rings (SSSR count). The van der Waals surface area contributed by atoms with E-state index in [2.05, 4.69) is 24.9 Å². The summed E-state index contributed by atoms with van der Waals surface area (Å²) in [5.74, 6) is -1.06. The Bertz CT molecular complexity index is 1680. The van der Waals surface area contributed by atoms with Gasteiger partial charge in [0.1, 0.15) is 23.1 Å². The third kappa shape index (κ3) is 16.0. The van der Waals surface area contributed by atoms with Gasteiger partial charge in [0.25, 0.3) is 0 Å². The van der Waals surface area contributed by atoms with Crippen LogP contribution in [0.25, 0.3) is 0 Å². The topological polar surface area (TPSA) is 148 Å². The summed E-state index contributed by atoms with van der Waals surface area (Å²) in [6, 6.07) is 4.89. The Morgan fingerprint density at radius 2 is 1.57 bits per heavy atom. The Morgan fingerprint density at radius 1 is 0.908 bits per heavy atom. The number of unbranched alkanes of at least 4 members (excludes halogenated alkanes) is 11. The molecule has 2 aliphatic carbocycles. The molecule has 12 nitrogen and oxygen atoms in total. The molecule has 1 saturated carbocycles. The Balaban J connectivity index is 1.80. The zero-order valence-corrected chi connectivity index (χ0v) is 41.6. The average molecular weight is 910 g/mol. The van der Waals surface area contributed by atoms with E-state index in [9.17, 15) is 19.8 Å². The number of aliphatic hydroxyl groups excluding tert-OH is 2. The number of carbonyl (C=O) groups excluding carboxylic acids is 2. The number of aliphatic hydroxyl groups is 2. The number of carbonyl (C=O) groups is 2. The second kappa shape index (κ2) is 26.7. The van der Waals surface area contributed by atoms with Crippen molar-refractivity contribution in [3.63, 3.8) is 0 Å². The molecule has 12 heteroatoms.